The Bertz CT molecular complexity index is 718. The predicted octanol–water partition coefficient (Wildman–Crippen LogP) is 0.357. The molecule has 0 saturated carbocycles. The molecule has 0 radical (unpaired) electrons. The molecule has 3 heterocycles. The van der Waals surface area contributed by atoms with Crippen LogP contribution < -0.4 is 4.74 Å². The maximum Gasteiger partial charge on any atom is 0.272 e. The zero-order valence-electron chi connectivity index (χ0n) is 14.3. The Morgan fingerprint density at radius 2 is 2.04 bits per heavy atom. The lowest BCUT2D eigenvalue weighted by atomic mass is 10.1. The monoisotopic (exact) mass is 369 g/mol. The summed E-state index contributed by atoms with van der Waals surface area (Å²) < 4.78 is 37.5. The summed E-state index contributed by atoms with van der Waals surface area (Å²) in [6.45, 7) is 2.32. The van der Waals surface area contributed by atoms with Crippen LogP contribution in [0.1, 0.15) is 23.3 Å². The van der Waals surface area contributed by atoms with Crippen LogP contribution in [0.25, 0.3) is 0 Å². The molecule has 1 unspecified atom stereocenters. The Hall–Kier alpha value is -1.71. The van der Waals surface area contributed by atoms with Crippen LogP contribution in [-0.2, 0) is 14.8 Å². The molecule has 3 rings (SSSR count). The van der Waals surface area contributed by atoms with Crippen molar-refractivity contribution in [2.75, 3.05) is 46.5 Å². The molecule has 8 nitrogen and oxygen atoms in total. The topological polar surface area (TPSA) is 89.0 Å². The lowest BCUT2D eigenvalue weighted by Gasteiger charge is -2.36. The molecule has 0 spiro atoms. The van der Waals surface area contributed by atoms with E-state index in [9.17, 15) is 13.2 Å². The van der Waals surface area contributed by atoms with Crippen molar-refractivity contribution < 1.29 is 22.7 Å². The minimum Gasteiger partial charge on any atom is -0.481 e. The predicted molar refractivity (Wildman–Crippen MR) is 91.0 cm³/mol. The average molecular weight is 369 g/mol. The van der Waals surface area contributed by atoms with Crippen LogP contribution in [0.5, 0.6) is 5.88 Å². The number of hydrogen-bond acceptors (Lipinski definition) is 6. The van der Waals surface area contributed by atoms with Crippen molar-refractivity contribution in [1.82, 2.24) is 14.2 Å². The van der Waals surface area contributed by atoms with Crippen LogP contribution >= 0.6 is 0 Å². The minimum atomic E-state index is -3.43. The first-order valence-corrected chi connectivity index (χ1v) is 9.89. The molecule has 2 aliphatic rings. The van der Waals surface area contributed by atoms with E-state index in [2.05, 4.69) is 4.98 Å². The van der Waals surface area contributed by atoms with Crippen molar-refractivity contribution in [3.63, 3.8) is 0 Å². The molecule has 25 heavy (non-hydrogen) atoms. The van der Waals surface area contributed by atoms with Gasteiger partial charge in [-0.3, -0.25) is 4.79 Å². The maximum absolute atomic E-state index is 12.8. The van der Waals surface area contributed by atoms with E-state index in [4.69, 9.17) is 9.47 Å². The number of nitrogens with zero attached hydrogens (tertiary/aromatic N) is 3. The van der Waals surface area contributed by atoms with Gasteiger partial charge in [0, 0.05) is 32.2 Å². The van der Waals surface area contributed by atoms with E-state index < -0.39 is 15.3 Å². The number of hydrogen-bond donors (Lipinski definition) is 0. The van der Waals surface area contributed by atoms with Gasteiger partial charge in [0.2, 0.25) is 15.9 Å². The summed E-state index contributed by atoms with van der Waals surface area (Å²) >= 11 is 0. The molecule has 0 aliphatic carbocycles. The van der Waals surface area contributed by atoms with Gasteiger partial charge in [0.05, 0.1) is 25.6 Å². The van der Waals surface area contributed by atoms with Crippen molar-refractivity contribution in [2.45, 2.75) is 18.1 Å². The fraction of sp³-hybridized carbons (Fsp3) is 0.625. The van der Waals surface area contributed by atoms with E-state index in [0.29, 0.717) is 51.6 Å². The number of morpholine rings is 1. The standard InChI is InChI=1S/C16H23N3O5S/c1-23-15-6-2-5-14(17-15)16(20)18-7-3-4-13(12-18)25(21,22)19-8-10-24-11-9-19/h2,5-6,13H,3-4,7-12H2,1H3. The molecule has 9 heteroatoms. The lowest BCUT2D eigenvalue weighted by molar-refractivity contribution is 0.0682. The van der Waals surface area contributed by atoms with Crippen LogP contribution in [0.4, 0.5) is 0 Å². The van der Waals surface area contributed by atoms with Gasteiger partial charge in [-0.25, -0.2) is 13.4 Å². The number of carbonyl (C=O) groups is 1. The molecule has 0 aromatic carbocycles. The Kier molecular flexibility index (Phi) is 5.55. The van der Waals surface area contributed by atoms with Gasteiger partial charge in [0.15, 0.2) is 0 Å². The van der Waals surface area contributed by atoms with E-state index >= 15 is 0 Å². The molecule has 0 N–H and O–H groups in total. The Balaban J connectivity index is 1.73. The van der Waals surface area contributed by atoms with E-state index in [-0.39, 0.29) is 18.1 Å². The molecule has 2 fully saturated rings. The minimum absolute atomic E-state index is 0.192. The highest BCUT2D eigenvalue weighted by Crippen LogP contribution is 2.22. The highest BCUT2D eigenvalue weighted by molar-refractivity contribution is 7.89. The first kappa shape index (κ1) is 18.1. The Labute approximate surface area is 147 Å². The molecular weight excluding hydrogens is 346 g/mol. The van der Waals surface area contributed by atoms with Crippen molar-refractivity contribution >= 4 is 15.9 Å². The molecule has 1 aromatic heterocycles. The number of carbonyl (C=O) groups excluding carboxylic acids is 1. The second kappa shape index (κ2) is 7.67. The number of amides is 1. The first-order chi connectivity index (χ1) is 12.0. The van der Waals surface area contributed by atoms with Crippen LogP contribution in [-0.4, -0.2) is 80.3 Å². The summed E-state index contributed by atoms with van der Waals surface area (Å²) in [4.78, 5) is 18.4. The molecular formula is C16H23N3O5S. The highest BCUT2D eigenvalue weighted by atomic mass is 32.2. The summed E-state index contributed by atoms with van der Waals surface area (Å²) in [5, 5.41) is -0.575. The zero-order valence-corrected chi connectivity index (χ0v) is 15.1. The van der Waals surface area contributed by atoms with Crippen molar-refractivity contribution in [3.8, 4) is 5.88 Å². The number of methoxy groups -OCH3 is 1. The second-order valence-electron chi connectivity index (χ2n) is 6.14. The maximum atomic E-state index is 12.8. The Morgan fingerprint density at radius 3 is 2.76 bits per heavy atom. The van der Waals surface area contributed by atoms with Crippen molar-refractivity contribution in [3.05, 3.63) is 23.9 Å². The number of aromatic nitrogens is 1. The molecule has 0 bridgehead atoms. The lowest BCUT2D eigenvalue weighted by Crippen LogP contribution is -2.51. The van der Waals surface area contributed by atoms with Gasteiger partial charge in [-0.05, 0) is 18.9 Å². The molecule has 1 aromatic rings. The second-order valence-corrected chi connectivity index (χ2v) is 8.35. The van der Waals surface area contributed by atoms with E-state index in [1.807, 2.05) is 0 Å². The summed E-state index contributed by atoms with van der Waals surface area (Å²) in [5.41, 5.74) is 0.267. The molecule has 1 atom stereocenters. The number of rotatable bonds is 4. The van der Waals surface area contributed by atoms with E-state index in [1.54, 1.807) is 23.1 Å². The largest absolute Gasteiger partial charge is 0.481 e. The van der Waals surface area contributed by atoms with Crippen molar-refractivity contribution in [1.29, 1.82) is 0 Å². The average Bonchev–Trinajstić information content (AvgIpc) is 2.68. The van der Waals surface area contributed by atoms with Gasteiger partial charge >= 0.3 is 0 Å². The highest BCUT2D eigenvalue weighted by Gasteiger charge is 2.37. The van der Waals surface area contributed by atoms with Crippen LogP contribution in [0, 0.1) is 0 Å². The Morgan fingerprint density at radius 1 is 1.28 bits per heavy atom. The van der Waals surface area contributed by atoms with Gasteiger partial charge < -0.3 is 14.4 Å². The third-order valence-electron chi connectivity index (χ3n) is 4.57. The third-order valence-corrected chi connectivity index (χ3v) is 6.88. The summed E-state index contributed by atoms with van der Waals surface area (Å²) in [7, 11) is -1.94. The molecule has 2 aliphatic heterocycles. The van der Waals surface area contributed by atoms with E-state index in [0.717, 1.165) is 0 Å². The number of pyridine rings is 1. The SMILES string of the molecule is COc1cccc(C(=O)N2CCCC(S(=O)(=O)N3CCOCC3)C2)n1. The molecule has 138 valence electrons. The van der Waals surface area contributed by atoms with Crippen LogP contribution in [0.2, 0.25) is 0 Å². The number of piperidine rings is 1. The van der Waals surface area contributed by atoms with Crippen LogP contribution in [0.15, 0.2) is 18.2 Å². The normalized spacial score (nSPS) is 22.6. The quantitative estimate of drug-likeness (QED) is 0.761. The van der Waals surface area contributed by atoms with E-state index in [1.165, 1.54) is 11.4 Å². The smallest absolute Gasteiger partial charge is 0.272 e. The van der Waals surface area contributed by atoms with Gasteiger partial charge in [-0.2, -0.15) is 4.31 Å². The number of likely N-dealkylation sites (tertiary alicyclic amines) is 1. The third kappa shape index (κ3) is 3.94. The molecule has 1 amide bonds. The zero-order chi connectivity index (χ0) is 17.9. The van der Waals surface area contributed by atoms with Gasteiger partial charge in [-0.1, -0.05) is 6.07 Å². The van der Waals surface area contributed by atoms with Crippen molar-refractivity contribution in [2.24, 2.45) is 0 Å². The summed E-state index contributed by atoms with van der Waals surface area (Å²) in [6, 6.07) is 4.98. The fourth-order valence-corrected chi connectivity index (χ4v) is 5.10. The number of sulfonamides is 1. The summed E-state index contributed by atoms with van der Waals surface area (Å²) in [6.07, 6.45) is 1.22. The fourth-order valence-electron chi connectivity index (χ4n) is 3.19. The van der Waals surface area contributed by atoms with Gasteiger partial charge in [0.1, 0.15) is 5.69 Å². The molecule has 2 saturated heterocycles. The first-order valence-electron chi connectivity index (χ1n) is 8.39. The van der Waals surface area contributed by atoms with Gasteiger partial charge in [-0.15, -0.1) is 0 Å². The van der Waals surface area contributed by atoms with Gasteiger partial charge in [0.25, 0.3) is 5.91 Å². The summed E-state index contributed by atoms with van der Waals surface area (Å²) in [5.74, 6) is 0.0983. The van der Waals surface area contributed by atoms with Crippen LogP contribution in [0.3, 0.4) is 0 Å². The number of ether oxygens (including phenoxy) is 2.